The Morgan fingerprint density at radius 3 is 2.92 bits per heavy atom. The number of aromatic nitrogens is 2. The first-order valence-electron chi connectivity index (χ1n) is 3.66. The van der Waals surface area contributed by atoms with E-state index in [9.17, 15) is 4.79 Å². The molecule has 3 nitrogen and oxygen atoms in total. The van der Waals surface area contributed by atoms with E-state index in [-0.39, 0.29) is 63.7 Å². The Balaban J connectivity index is 0.000000845. The van der Waals surface area contributed by atoms with Gasteiger partial charge >= 0.3 is 58.2 Å². The second kappa shape index (κ2) is 4.60. The van der Waals surface area contributed by atoms with E-state index < -0.39 is 0 Å². The van der Waals surface area contributed by atoms with Crippen molar-refractivity contribution in [2.24, 2.45) is 0 Å². The van der Waals surface area contributed by atoms with Gasteiger partial charge in [0.15, 0.2) is 5.56 Å². The van der Waals surface area contributed by atoms with Gasteiger partial charge in [-0.1, -0.05) is 23.9 Å². The van der Waals surface area contributed by atoms with E-state index in [1.807, 2.05) is 13.0 Å². The van der Waals surface area contributed by atoms with Gasteiger partial charge in [0.25, 0.3) is 0 Å². The van der Waals surface area contributed by atoms with Crippen LogP contribution in [-0.4, -0.2) is 4.98 Å². The van der Waals surface area contributed by atoms with E-state index in [0.717, 1.165) is 10.9 Å². The van der Waals surface area contributed by atoms with Crippen molar-refractivity contribution in [1.82, 2.24) is 9.97 Å². The Bertz CT molecular complexity index is 478. The van der Waals surface area contributed by atoms with Gasteiger partial charge in [0.05, 0.1) is 0 Å². The van der Waals surface area contributed by atoms with Gasteiger partial charge in [-0.05, 0) is 24.0 Å². The molecular formula is C9H7N2ORb. The van der Waals surface area contributed by atoms with Gasteiger partial charge in [0.1, 0.15) is 0 Å². The summed E-state index contributed by atoms with van der Waals surface area (Å²) in [5, 5.41) is 0.912. The number of fused-ring (bicyclic) bond motifs is 1. The molecule has 0 saturated carbocycles. The van der Waals surface area contributed by atoms with Crippen LogP contribution in [0, 0.1) is 6.92 Å². The van der Waals surface area contributed by atoms with Crippen LogP contribution >= 0.6 is 0 Å². The fourth-order valence-corrected chi connectivity index (χ4v) is 1.10. The van der Waals surface area contributed by atoms with Gasteiger partial charge in [0, 0.05) is 0 Å². The zero-order valence-corrected chi connectivity index (χ0v) is 12.5. The molecule has 0 fully saturated rings. The minimum Gasteiger partial charge on any atom is -0.442 e. The third kappa shape index (κ3) is 2.56. The number of hydrogen-bond donors (Lipinski definition) is 0. The molecule has 0 aliphatic rings. The summed E-state index contributed by atoms with van der Waals surface area (Å²) in [5.41, 5.74) is 1.36. The molecule has 2 rings (SSSR count). The summed E-state index contributed by atoms with van der Waals surface area (Å²) in [4.78, 5) is 18.6. The molecule has 0 aliphatic carbocycles. The van der Waals surface area contributed by atoms with Gasteiger partial charge in [0.2, 0.25) is 0 Å². The Morgan fingerprint density at radius 1 is 1.38 bits per heavy atom. The molecular weight excluding hydrogens is 238 g/mol. The minimum atomic E-state index is -0.237. The van der Waals surface area contributed by atoms with Crippen molar-refractivity contribution in [3.8, 4) is 0 Å². The topological polar surface area (TPSA) is 44.1 Å². The Morgan fingerprint density at radius 2 is 2.15 bits per heavy atom. The van der Waals surface area contributed by atoms with Crippen molar-refractivity contribution >= 4 is 11.0 Å². The molecule has 0 aliphatic heterocycles. The predicted molar refractivity (Wildman–Crippen MR) is 46.1 cm³/mol. The average Bonchev–Trinajstić information content (AvgIpc) is 2.05. The predicted octanol–water partition coefficient (Wildman–Crippen LogP) is -2.14. The summed E-state index contributed by atoms with van der Waals surface area (Å²) in [6.07, 6.45) is 1.70. The third-order valence-electron chi connectivity index (χ3n) is 1.65. The summed E-state index contributed by atoms with van der Waals surface area (Å²) in [6.45, 7) is 1.96. The smallest absolute Gasteiger partial charge is 0.442 e. The molecule has 0 spiro atoms. The van der Waals surface area contributed by atoms with Crippen LogP contribution in [0.4, 0.5) is 0 Å². The molecule has 0 aromatic carbocycles. The molecule has 0 atom stereocenters. The van der Waals surface area contributed by atoms with E-state index in [1.54, 1.807) is 12.3 Å². The summed E-state index contributed by atoms with van der Waals surface area (Å²) < 4.78 is 0. The SMILES string of the molecule is Cc1cnc2[n-]c(=O)ccc2c1.[Rb+]. The van der Waals surface area contributed by atoms with E-state index in [4.69, 9.17) is 0 Å². The largest absolute Gasteiger partial charge is 1.00 e. The van der Waals surface area contributed by atoms with Crippen LogP contribution in [-0.2, 0) is 0 Å². The quantitative estimate of drug-likeness (QED) is 0.532. The van der Waals surface area contributed by atoms with Crippen LogP contribution in [0.25, 0.3) is 11.0 Å². The molecule has 0 saturated heterocycles. The molecule has 2 aromatic rings. The van der Waals surface area contributed by atoms with Crippen LogP contribution < -0.4 is 68.7 Å². The second-order valence-electron chi connectivity index (χ2n) is 2.71. The Labute approximate surface area is 124 Å². The molecule has 0 bridgehead atoms. The average molecular weight is 245 g/mol. The van der Waals surface area contributed by atoms with E-state index in [2.05, 4.69) is 9.97 Å². The molecule has 2 aromatic heterocycles. The molecule has 2 heterocycles. The molecule has 4 heteroatoms. The summed E-state index contributed by atoms with van der Waals surface area (Å²) in [5.74, 6) is 0. The van der Waals surface area contributed by atoms with Gasteiger partial charge < -0.3 is 9.97 Å². The van der Waals surface area contributed by atoms with Crippen molar-refractivity contribution in [1.29, 1.82) is 0 Å². The van der Waals surface area contributed by atoms with Crippen molar-refractivity contribution in [3.63, 3.8) is 0 Å². The Hall–Kier alpha value is 0.165. The zero-order valence-electron chi connectivity index (χ0n) is 7.61. The monoisotopic (exact) mass is 244 g/mol. The molecule has 0 radical (unpaired) electrons. The van der Waals surface area contributed by atoms with Crippen molar-refractivity contribution in [2.75, 3.05) is 0 Å². The van der Waals surface area contributed by atoms with Gasteiger partial charge in [-0.15, -0.1) is 0 Å². The Kier molecular flexibility index (Phi) is 3.97. The zero-order chi connectivity index (χ0) is 8.55. The number of aryl methyl sites for hydroxylation is 1. The molecule has 0 N–H and O–H groups in total. The first-order valence-corrected chi connectivity index (χ1v) is 3.66. The normalized spacial score (nSPS) is 9.62. The van der Waals surface area contributed by atoms with E-state index in [1.165, 1.54) is 6.07 Å². The third-order valence-corrected chi connectivity index (χ3v) is 1.65. The van der Waals surface area contributed by atoms with Crippen LogP contribution in [0.5, 0.6) is 0 Å². The van der Waals surface area contributed by atoms with Crippen LogP contribution in [0.2, 0.25) is 0 Å². The number of hydrogen-bond acceptors (Lipinski definition) is 2. The molecule has 0 unspecified atom stereocenters. The molecule has 0 amide bonds. The van der Waals surface area contributed by atoms with Crippen molar-refractivity contribution < 1.29 is 58.2 Å². The van der Waals surface area contributed by atoms with E-state index >= 15 is 0 Å². The first kappa shape index (κ1) is 11.2. The van der Waals surface area contributed by atoms with Crippen molar-refractivity contribution in [2.45, 2.75) is 6.92 Å². The molecule has 13 heavy (non-hydrogen) atoms. The number of pyridine rings is 2. The van der Waals surface area contributed by atoms with Gasteiger partial charge in [-0.25, -0.2) is 0 Å². The minimum absolute atomic E-state index is 0. The van der Waals surface area contributed by atoms with Crippen LogP contribution in [0.1, 0.15) is 5.56 Å². The fourth-order valence-electron chi connectivity index (χ4n) is 1.10. The van der Waals surface area contributed by atoms with Crippen LogP contribution in [0.3, 0.4) is 0 Å². The molecule has 60 valence electrons. The number of rotatable bonds is 0. The number of nitrogens with zero attached hydrogens (tertiary/aromatic N) is 2. The summed E-state index contributed by atoms with van der Waals surface area (Å²) in [7, 11) is 0. The van der Waals surface area contributed by atoms with Gasteiger partial charge in [-0.2, -0.15) is 0 Å². The summed E-state index contributed by atoms with van der Waals surface area (Å²) >= 11 is 0. The maximum Gasteiger partial charge on any atom is 1.00 e. The van der Waals surface area contributed by atoms with Crippen LogP contribution in [0.15, 0.2) is 29.2 Å². The van der Waals surface area contributed by atoms with Gasteiger partial charge in [-0.3, -0.25) is 4.79 Å². The first-order chi connectivity index (χ1) is 5.75. The summed E-state index contributed by atoms with van der Waals surface area (Å²) in [6, 6.07) is 5.14. The maximum absolute atomic E-state index is 10.8. The fraction of sp³-hybridized carbons (Fsp3) is 0.111. The maximum atomic E-state index is 10.8. The van der Waals surface area contributed by atoms with E-state index in [0.29, 0.717) is 5.65 Å². The standard InChI is InChI=1S/C9H8N2O.Rb/c1-6-4-7-2-3-8(12)11-9(7)10-5-6;/h2-5H,1H3,(H,10,11,12);/q;+1/p-1. The van der Waals surface area contributed by atoms with Crippen molar-refractivity contribution in [3.05, 3.63) is 40.3 Å². The second-order valence-corrected chi connectivity index (χ2v) is 2.71.